The number of hydrogen-bond donors (Lipinski definition) is 0. The van der Waals surface area contributed by atoms with Crippen LogP contribution in [0, 0.1) is 5.82 Å². The SMILES string of the molecule is CSc1ccc(N=Nc2ccc(F)cc2)cc1. The van der Waals surface area contributed by atoms with Gasteiger partial charge in [-0.05, 0) is 54.8 Å². The molecule has 0 aliphatic heterocycles. The number of hydrogen-bond acceptors (Lipinski definition) is 3. The molecule has 2 aromatic carbocycles. The van der Waals surface area contributed by atoms with Crippen LogP contribution in [-0.2, 0) is 0 Å². The molecule has 0 N–H and O–H groups in total. The average Bonchev–Trinajstić information content (AvgIpc) is 2.39. The summed E-state index contributed by atoms with van der Waals surface area (Å²) in [5.41, 5.74) is 1.42. The quantitative estimate of drug-likeness (QED) is 0.554. The van der Waals surface area contributed by atoms with E-state index in [-0.39, 0.29) is 5.82 Å². The van der Waals surface area contributed by atoms with Crippen LogP contribution >= 0.6 is 11.8 Å². The molecule has 0 radical (unpaired) electrons. The predicted octanol–water partition coefficient (Wildman–Crippen LogP) is 4.96. The molecule has 0 bridgehead atoms. The Morgan fingerprint density at radius 2 is 1.29 bits per heavy atom. The zero-order valence-corrected chi connectivity index (χ0v) is 10.1. The van der Waals surface area contributed by atoms with Crippen molar-refractivity contribution in [3.8, 4) is 0 Å². The standard InChI is InChI=1S/C13H11FN2S/c1-17-13-8-6-12(7-9-13)16-15-11-4-2-10(14)3-5-11/h2-9H,1H3. The van der Waals surface area contributed by atoms with Gasteiger partial charge in [0.15, 0.2) is 0 Å². The first-order valence-electron chi connectivity index (χ1n) is 5.09. The zero-order valence-electron chi connectivity index (χ0n) is 9.30. The Labute approximate surface area is 104 Å². The van der Waals surface area contributed by atoms with Crippen molar-refractivity contribution in [2.45, 2.75) is 4.90 Å². The predicted molar refractivity (Wildman–Crippen MR) is 68.8 cm³/mol. The Hall–Kier alpha value is -1.68. The summed E-state index contributed by atoms with van der Waals surface area (Å²) in [5, 5.41) is 8.10. The lowest BCUT2D eigenvalue weighted by molar-refractivity contribution is 0.628. The van der Waals surface area contributed by atoms with Gasteiger partial charge in [0.1, 0.15) is 5.82 Å². The third-order valence-corrected chi connectivity index (χ3v) is 2.92. The maximum Gasteiger partial charge on any atom is 0.123 e. The molecule has 0 saturated carbocycles. The van der Waals surface area contributed by atoms with E-state index >= 15 is 0 Å². The lowest BCUT2D eigenvalue weighted by Gasteiger charge is -1.96. The van der Waals surface area contributed by atoms with Crippen molar-refractivity contribution >= 4 is 23.1 Å². The summed E-state index contributed by atoms with van der Waals surface area (Å²) < 4.78 is 12.7. The second-order valence-corrected chi connectivity index (χ2v) is 4.25. The second kappa shape index (κ2) is 5.59. The normalized spacial score (nSPS) is 10.9. The van der Waals surface area contributed by atoms with E-state index < -0.39 is 0 Å². The topological polar surface area (TPSA) is 24.7 Å². The van der Waals surface area contributed by atoms with Crippen LogP contribution in [0.5, 0.6) is 0 Å². The van der Waals surface area contributed by atoms with Crippen LogP contribution in [0.1, 0.15) is 0 Å². The van der Waals surface area contributed by atoms with Crippen LogP contribution in [-0.4, -0.2) is 6.26 Å². The number of halogens is 1. The fourth-order valence-corrected chi connectivity index (χ4v) is 1.68. The van der Waals surface area contributed by atoms with E-state index in [0.29, 0.717) is 5.69 Å². The van der Waals surface area contributed by atoms with Gasteiger partial charge in [-0.1, -0.05) is 0 Å². The summed E-state index contributed by atoms with van der Waals surface area (Å²) in [6.07, 6.45) is 2.02. The summed E-state index contributed by atoms with van der Waals surface area (Å²) in [7, 11) is 0. The largest absolute Gasteiger partial charge is 0.207 e. The zero-order chi connectivity index (χ0) is 12.1. The van der Waals surface area contributed by atoms with Gasteiger partial charge in [-0.15, -0.1) is 11.8 Å². The van der Waals surface area contributed by atoms with Crippen molar-refractivity contribution in [1.82, 2.24) is 0 Å². The molecule has 0 amide bonds. The molecule has 86 valence electrons. The van der Waals surface area contributed by atoms with Crippen molar-refractivity contribution in [2.24, 2.45) is 10.2 Å². The highest BCUT2D eigenvalue weighted by atomic mass is 32.2. The van der Waals surface area contributed by atoms with Crippen molar-refractivity contribution in [3.05, 3.63) is 54.3 Å². The lowest BCUT2D eigenvalue weighted by atomic mass is 10.3. The minimum absolute atomic E-state index is 0.270. The molecular formula is C13H11FN2S. The fourth-order valence-electron chi connectivity index (χ4n) is 1.27. The molecule has 4 heteroatoms. The van der Waals surface area contributed by atoms with Crippen LogP contribution in [0.4, 0.5) is 15.8 Å². The van der Waals surface area contributed by atoms with Gasteiger partial charge >= 0.3 is 0 Å². The van der Waals surface area contributed by atoms with E-state index in [0.717, 1.165) is 5.69 Å². The highest BCUT2D eigenvalue weighted by molar-refractivity contribution is 7.98. The van der Waals surface area contributed by atoms with Gasteiger partial charge in [0.2, 0.25) is 0 Å². The summed E-state index contributed by atoms with van der Waals surface area (Å²) in [4.78, 5) is 1.19. The van der Waals surface area contributed by atoms with Crippen LogP contribution < -0.4 is 0 Å². The van der Waals surface area contributed by atoms with Gasteiger partial charge < -0.3 is 0 Å². The molecule has 2 nitrogen and oxygen atoms in total. The third kappa shape index (κ3) is 3.39. The van der Waals surface area contributed by atoms with Crippen LogP contribution in [0.15, 0.2) is 63.7 Å². The molecular weight excluding hydrogens is 235 g/mol. The molecule has 0 atom stereocenters. The molecule has 0 fully saturated rings. The maximum absolute atomic E-state index is 12.7. The van der Waals surface area contributed by atoms with Crippen molar-refractivity contribution in [2.75, 3.05) is 6.26 Å². The minimum Gasteiger partial charge on any atom is -0.207 e. The Kier molecular flexibility index (Phi) is 3.88. The Balaban J connectivity index is 2.11. The van der Waals surface area contributed by atoms with E-state index in [4.69, 9.17) is 0 Å². The smallest absolute Gasteiger partial charge is 0.123 e. The van der Waals surface area contributed by atoms with Gasteiger partial charge in [0.05, 0.1) is 11.4 Å². The van der Waals surface area contributed by atoms with Gasteiger partial charge in [-0.3, -0.25) is 0 Å². The van der Waals surface area contributed by atoms with E-state index in [2.05, 4.69) is 10.2 Å². The highest BCUT2D eigenvalue weighted by Gasteiger charge is 1.93. The summed E-state index contributed by atoms with van der Waals surface area (Å²) in [5.74, 6) is -0.270. The van der Waals surface area contributed by atoms with E-state index in [1.165, 1.54) is 17.0 Å². The van der Waals surface area contributed by atoms with Gasteiger partial charge in [0, 0.05) is 4.90 Å². The fraction of sp³-hybridized carbons (Fsp3) is 0.0769. The van der Waals surface area contributed by atoms with Crippen molar-refractivity contribution in [1.29, 1.82) is 0 Å². The number of nitrogens with zero attached hydrogens (tertiary/aromatic N) is 2. The maximum atomic E-state index is 12.7. The monoisotopic (exact) mass is 246 g/mol. The highest BCUT2D eigenvalue weighted by Crippen LogP contribution is 2.21. The summed E-state index contributed by atoms with van der Waals surface area (Å²) in [6.45, 7) is 0. The molecule has 0 aliphatic rings. The molecule has 0 spiro atoms. The molecule has 17 heavy (non-hydrogen) atoms. The third-order valence-electron chi connectivity index (χ3n) is 2.18. The number of rotatable bonds is 3. The van der Waals surface area contributed by atoms with Gasteiger partial charge in [-0.2, -0.15) is 10.2 Å². The molecule has 0 saturated heterocycles. The number of azo groups is 1. The molecule has 0 aliphatic carbocycles. The first kappa shape index (κ1) is 11.8. The van der Waals surface area contributed by atoms with Gasteiger partial charge in [0.25, 0.3) is 0 Å². The minimum atomic E-state index is -0.270. The van der Waals surface area contributed by atoms with Crippen LogP contribution in [0.2, 0.25) is 0 Å². The first-order valence-corrected chi connectivity index (χ1v) is 6.32. The molecule has 0 heterocycles. The first-order chi connectivity index (χ1) is 8.28. The van der Waals surface area contributed by atoms with E-state index in [1.54, 1.807) is 23.9 Å². The lowest BCUT2D eigenvalue weighted by Crippen LogP contribution is -1.70. The molecule has 2 aromatic rings. The Morgan fingerprint density at radius 3 is 1.76 bits per heavy atom. The Morgan fingerprint density at radius 1 is 0.824 bits per heavy atom. The van der Waals surface area contributed by atoms with E-state index in [9.17, 15) is 4.39 Å². The van der Waals surface area contributed by atoms with Crippen LogP contribution in [0.3, 0.4) is 0 Å². The molecule has 2 rings (SSSR count). The Bertz CT molecular complexity index is 506. The molecule has 0 aromatic heterocycles. The summed E-state index contributed by atoms with van der Waals surface area (Å²) in [6, 6.07) is 13.7. The van der Waals surface area contributed by atoms with Gasteiger partial charge in [-0.25, -0.2) is 4.39 Å². The molecule has 0 unspecified atom stereocenters. The number of thioether (sulfide) groups is 1. The average molecular weight is 246 g/mol. The number of benzene rings is 2. The second-order valence-electron chi connectivity index (χ2n) is 3.37. The van der Waals surface area contributed by atoms with Crippen molar-refractivity contribution < 1.29 is 4.39 Å². The summed E-state index contributed by atoms with van der Waals surface area (Å²) >= 11 is 1.68. The van der Waals surface area contributed by atoms with Crippen LogP contribution in [0.25, 0.3) is 0 Å². The van der Waals surface area contributed by atoms with Crippen molar-refractivity contribution in [3.63, 3.8) is 0 Å². The van der Waals surface area contributed by atoms with E-state index in [1.807, 2.05) is 30.5 Å².